The van der Waals surface area contributed by atoms with E-state index in [4.69, 9.17) is 0 Å². The lowest BCUT2D eigenvalue weighted by Gasteiger charge is -2.28. The molecule has 1 atom stereocenters. The van der Waals surface area contributed by atoms with E-state index in [-0.39, 0.29) is 5.78 Å². The van der Waals surface area contributed by atoms with Crippen LogP contribution in [-0.4, -0.2) is 20.9 Å². The highest BCUT2D eigenvalue weighted by Crippen LogP contribution is 2.41. The Labute approximate surface area is 127 Å². The third-order valence-corrected chi connectivity index (χ3v) is 4.13. The number of nitrogens with one attached hydrogen (secondary N) is 1. The minimum absolute atomic E-state index is 0.294. The normalized spacial score (nSPS) is 19.6. The first-order chi connectivity index (χ1) is 10.6. The highest BCUT2D eigenvalue weighted by atomic mass is 16.3. The summed E-state index contributed by atoms with van der Waals surface area (Å²) in [5, 5.41) is 10.6. The monoisotopic (exact) mass is 290 g/mol. The fourth-order valence-electron chi connectivity index (χ4n) is 2.94. The molecule has 0 bridgehead atoms. The van der Waals surface area contributed by atoms with Crippen molar-refractivity contribution in [3.05, 3.63) is 65.9 Å². The van der Waals surface area contributed by atoms with Gasteiger partial charge in [-0.15, -0.1) is 0 Å². The van der Waals surface area contributed by atoms with Gasteiger partial charge in [-0.25, -0.2) is 4.98 Å². The number of Topliss-reactive ketones (excluding diaryl/α,β-unsaturated/α-hetero) is 1. The van der Waals surface area contributed by atoms with Gasteiger partial charge >= 0.3 is 0 Å². The van der Waals surface area contributed by atoms with E-state index in [1.165, 1.54) is 6.92 Å². The molecule has 0 aliphatic heterocycles. The number of imidazole rings is 1. The van der Waals surface area contributed by atoms with Crippen molar-refractivity contribution in [1.82, 2.24) is 9.97 Å². The minimum Gasteiger partial charge on any atom is -0.377 e. The lowest BCUT2D eigenvalue weighted by atomic mass is 9.80. The van der Waals surface area contributed by atoms with E-state index < -0.39 is 5.60 Å². The summed E-state index contributed by atoms with van der Waals surface area (Å²) >= 11 is 0. The molecule has 4 rings (SSSR count). The van der Waals surface area contributed by atoms with Gasteiger partial charge in [-0.1, -0.05) is 54.6 Å². The van der Waals surface area contributed by atoms with Crippen LogP contribution in [0.3, 0.4) is 0 Å². The van der Waals surface area contributed by atoms with E-state index in [2.05, 4.69) is 9.97 Å². The van der Waals surface area contributed by atoms with Crippen molar-refractivity contribution in [2.45, 2.75) is 12.5 Å². The summed E-state index contributed by atoms with van der Waals surface area (Å²) in [4.78, 5) is 20.3. The minimum atomic E-state index is -1.55. The van der Waals surface area contributed by atoms with E-state index in [1.54, 1.807) is 6.07 Å². The van der Waals surface area contributed by atoms with Gasteiger partial charge in [-0.3, -0.25) is 4.79 Å². The number of aromatic amines is 1. The van der Waals surface area contributed by atoms with Crippen molar-refractivity contribution < 1.29 is 9.90 Å². The van der Waals surface area contributed by atoms with Crippen LogP contribution in [0.25, 0.3) is 22.6 Å². The van der Waals surface area contributed by atoms with Gasteiger partial charge in [0, 0.05) is 16.7 Å². The first-order valence-electron chi connectivity index (χ1n) is 7.11. The molecule has 0 saturated heterocycles. The van der Waals surface area contributed by atoms with Crippen LogP contribution in [0.1, 0.15) is 23.0 Å². The number of aliphatic hydroxyl groups is 1. The van der Waals surface area contributed by atoms with Crippen LogP contribution in [0.2, 0.25) is 0 Å². The molecule has 1 heterocycles. The summed E-state index contributed by atoms with van der Waals surface area (Å²) in [6.07, 6.45) is 0. The van der Waals surface area contributed by atoms with Gasteiger partial charge in [0.15, 0.2) is 5.60 Å². The lowest BCUT2D eigenvalue weighted by Crippen LogP contribution is -2.36. The van der Waals surface area contributed by atoms with Crippen LogP contribution in [0.4, 0.5) is 0 Å². The van der Waals surface area contributed by atoms with Crippen LogP contribution in [0.15, 0.2) is 54.6 Å². The summed E-state index contributed by atoms with van der Waals surface area (Å²) in [6, 6.07) is 17.0. The summed E-state index contributed by atoms with van der Waals surface area (Å²) in [5.74, 6) is 0.256. The molecule has 1 aromatic heterocycles. The number of carbonyl (C=O) groups excluding carboxylic acids is 1. The maximum absolute atomic E-state index is 12.6. The molecule has 1 unspecified atom stereocenters. The molecule has 0 radical (unpaired) electrons. The predicted octanol–water partition coefficient (Wildman–Crippen LogP) is 3.15. The number of rotatable bonds is 1. The van der Waals surface area contributed by atoms with Crippen molar-refractivity contribution in [1.29, 1.82) is 0 Å². The summed E-state index contributed by atoms with van der Waals surface area (Å²) in [6.45, 7) is 1.52. The number of benzene rings is 2. The molecule has 3 aromatic rings. The average Bonchev–Trinajstić information content (AvgIpc) is 2.99. The number of carbonyl (C=O) groups is 1. The molecule has 0 saturated carbocycles. The second-order valence-corrected chi connectivity index (χ2v) is 5.62. The molecule has 2 aromatic carbocycles. The van der Waals surface area contributed by atoms with Crippen LogP contribution >= 0.6 is 0 Å². The zero-order chi connectivity index (χ0) is 15.3. The Morgan fingerprint density at radius 3 is 2.50 bits per heavy atom. The number of hydrogen-bond acceptors (Lipinski definition) is 3. The largest absolute Gasteiger partial charge is 0.377 e. The molecule has 1 aliphatic rings. The number of nitrogens with zero attached hydrogens (tertiary/aromatic N) is 1. The maximum atomic E-state index is 12.6. The Hall–Kier alpha value is -2.72. The van der Waals surface area contributed by atoms with Gasteiger partial charge in [0.2, 0.25) is 5.78 Å². The first-order valence-corrected chi connectivity index (χ1v) is 7.11. The van der Waals surface area contributed by atoms with Crippen molar-refractivity contribution in [2.24, 2.45) is 0 Å². The molecule has 4 nitrogen and oxygen atoms in total. The van der Waals surface area contributed by atoms with Crippen molar-refractivity contribution in [2.75, 3.05) is 0 Å². The topological polar surface area (TPSA) is 66.0 Å². The smallest absolute Gasteiger partial charge is 0.219 e. The molecule has 2 N–H and O–H groups in total. The summed E-state index contributed by atoms with van der Waals surface area (Å²) in [5.41, 5.74) is 1.75. The number of H-pyrrole nitrogens is 1. The zero-order valence-corrected chi connectivity index (χ0v) is 12.0. The van der Waals surface area contributed by atoms with E-state index in [1.807, 2.05) is 48.5 Å². The molecule has 1 aliphatic carbocycles. The number of ketones is 1. The molecule has 22 heavy (non-hydrogen) atoms. The Balaban J connectivity index is 1.98. The molecule has 0 fully saturated rings. The third kappa shape index (κ3) is 1.68. The van der Waals surface area contributed by atoms with E-state index >= 15 is 0 Å². The standard InChI is InChI=1S/C18H14N2O2/c1-18(22)13-10-6-5-9-12(13)14-15(16(18)21)20-17(19-14)11-7-3-2-4-8-11/h2-10,22H,1H3,(H,19,20). The van der Waals surface area contributed by atoms with Crippen LogP contribution in [-0.2, 0) is 5.60 Å². The fourth-order valence-corrected chi connectivity index (χ4v) is 2.94. The fraction of sp³-hybridized carbons (Fsp3) is 0.111. The van der Waals surface area contributed by atoms with Gasteiger partial charge in [0.1, 0.15) is 11.5 Å². The highest BCUT2D eigenvalue weighted by molar-refractivity contribution is 6.10. The molecule has 0 spiro atoms. The highest BCUT2D eigenvalue weighted by Gasteiger charge is 2.43. The van der Waals surface area contributed by atoms with Gasteiger partial charge in [-0.05, 0) is 6.92 Å². The van der Waals surface area contributed by atoms with Crippen molar-refractivity contribution >= 4 is 5.78 Å². The van der Waals surface area contributed by atoms with Crippen LogP contribution < -0.4 is 0 Å². The first kappa shape index (κ1) is 13.0. The lowest BCUT2D eigenvalue weighted by molar-refractivity contribution is 0.0382. The molecular formula is C18H14N2O2. The number of fused-ring (bicyclic) bond motifs is 3. The second-order valence-electron chi connectivity index (χ2n) is 5.62. The molecular weight excluding hydrogens is 276 g/mol. The van der Waals surface area contributed by atoms with Crippen LogP contribution in [0.5, 0.6) is 0 Å². The quantitative estimate of drug-likeness (QED) is 0.723. The van der Waals surface area contributed by atoms with E-state index in [0.717, 1.165) is 11.1 Å². The second kappa shape index (κ2) is 4.39. The SMILES string of the molecule is CC1(O)C(=O)c2nc(-c3ccccc3)[nH]c2-c2ccccc21. The van der Waals surface area contributed by atoms with Crippen molar-refractivity contribution in [3.8, 4) is 22.6 Å². The molecule has 0 amide bonds. The zero-order valence-electron chi connectivity index (χ0n) is 12.0. The van der Waals surface area contributed by atoms with Gasteiger partial charge in [0.05, 0.1) is 5.69 Å². The van der Waals surface area contributed by atoms with Gasteiger partial charge in [0.25, 0.3) is 0 Å². The van der Waals surface area contributed by atoms with Gasteiger partial charge < -0.3 is 10.1 Å². The maximum Gasteiger partial charge on any atom is 0.219 e. The van der Waals surface area contributed by atoms with E-state index in [9.17, 15) is 9.90 Å². The Morgan fingerprint density at radius 1 is 1.05 bits per heavy atom. The Kier molecular flexibility index (Phi) is 2.59. The average molecular weight is 290 g/mol. The predicted molar refractivity (Wildman–Crippen MR) is 83.4 cm³/mol. The number of hydrogen-bond donors (Lipinski definition) is 2. The number of aromatic nitrogens is 2. The van der Waals surface area contributed by atoms with Crippen LogP contribution in [0, 0.1) is 0 Å². The van der Waals surface area contributed by atoms with Crippen molar-refractivity contribution in [3.63, 3.8) is 0 Å². The Bertz CT molecular complexity index is 879. The molecule has 108 valence electrons. The Morgan fingerprint density at radius 2 is 1.73 bits per heavy atom. The summed E-state index contributed by atoms with van der Waals surface area (Å²) in [7, 11) is 0. The molecule has 4 heteroatoms. The van der Waals surface area contributed by atoms with E-state index in [0.29, 0.717) is 22.8 Å². The van der Waals surface area contributed by atoms with Gasteiger partial charge in [-0.2, -0.15) is 0 Å². The summed E-state index contributed by atoms with van der Waals surface area (Å²) < 4.78 is 0. The third-order valence-electron chi connectivity index (χ3n) is 4.13.